The van der Waals surface area contributed by atoms with E-state index in [0.717, 1.165) is 12.3 Å². The van der Waals surface area contributed by atoms with Crippen LogP contribution in [0.4, 0.5) is 0 Å². The Balaban J connectivity index is 1.71. The third-order valence-electron chi connectivity index (χ3n) is 8.38. The van der Waals surface area contributed by atoms with Crippen LogP contribution in [0.1, 0.15) is 65.2 Å². The number of hydrogen-bond donors (Lipinski definition) is 2. The molecule has 0 aromatic carbocycles. The molecule has 3 aliphatic carbocycles. The van der Waals surface area contributed by atoms with Crippen LogP contribution >= 0.6 is 0 Å². The maximum Gasteiger partial charge on any atom is 0.221 e. The first-order valence-electron chi connectivity index (χ1n) is 9.45. The highest BCUT2D eigenvalue weighted by molar-refractivity contribution is 5.87. The molecular formula is C19H30N2O2. The molecule has 3 saturated carbocycles. The van der Waals surface area contributed by atoms with Crippen LogP contribution in [0.15, 0.2) is 0 Å². The fourth-order valence-electron chi connectivity index (χ4n) is 7.18. The van der Waals surface area contributed by atoms with E-state index >= 15 is 0 Å². The van der Waals surface area contributed by atoms with Gasteiger partial charge in [-0.2, -0.15) is 0 Å². The molecule has 1 heterocycles. The van der Waals surface area contributed by atoms with Gasteiger partial charge >= 0.3 is 0 Å². The van der Waals surface area contributed by atoms with Gasteiger partial charge in [-0.3, -0.25) is 9.59 Å². The lowest BCUT2D eigenvalue weighted by molar-refractivity contribution is -0.156. The molecule has 0 aromatic rings. The molecule has 0 spiro atoms. The summed E-state index contributed by atoms with van der Waals surface area (Å²) in [7, 11) is 0. The minimum atomic E-state index is -0.292. The Morgan fingerprint density at radius 3 is 2.65 bits per heavy atom. The SMILES string of the molecule is C[C@@]12CCC[C@H]1[C@@H]1CC[C@H]3NC(=O)CC(C(N)=O)[C@]3(C)[C@H]1CC2. The fourth-order valence-corrected chi connectivity index (χ4v) is 7.18. The Kier molecular flexibility index (Phi) is 3.34. The van der Waals surface area contributed by atoms with Crippen molar-refractivity contribution in [2.75, 3.05) is 0 Å². The molecule has 0 radical (unpaired) electrons. The first-order valence-corrected chi connectivity index (χ1v) is 9.45. The van der Waals surface area contributed by atoms with E-state index in [1.165, 1.54) is 38.5 Å². The Morgan fingerprint density at radius 1 is 1.13 bits per heavy atom. The van der Waals surface area contributed by atoms with Crippen molar-refractivity contribution in [3.63, 3.8) is 0 Å². The quantitative estimate of drug-likeness (QED) is 0.780. The molecule has 23 heavy (non-hydrogen) atoms. The second-order valence-corrected chi connectivity index (χ2v) is 9.18. The zero-order valence-corrected chi connectivity index (χ0v) is 14.4. The average Bonchev–Trinajstić information content (AvgIpc) is 2.88. The van der Waals surface area contributed by atoms with E-state index in [4.69, 9.17) is 5.73 Å². The number of hydrogen-bond acceptors (Lipinski definition) is 2. The van der Waals surface area contributed by atoms with Gasteiger partial charge in [-0.05, 0) is 61.7 Å². The van der Waals surface area contributed by atoms with E-state index < -0.39 is 0 Å². The van der Waals surface area contributed by atoms with Gasteiger partial charge in [-0.15, -0.1) is 0 Å². The van der Waals surface area contributed by atoms with Crippen LogP contribution in [0, 0.1) is 34.5 Å². The van der Waals surface area contributed by atoms with Crippen molar-refractivity contribution in [3.05, 3.63) is 0 Å². The lowest BCUT2D eigenvalue weighted by atomic mass is 9.45. The molecule has 0 bridgehead atoms. The monoisotopic (exact) mass is 318 g/mol. The summed E-state index contributed by atoms with van der Waals surface area (Å²) < 4.78 is 0. The molecule has 4 fully saturated rings. The molecule has 4 heteroatoms. The molecule has 3 N–H and O–H groups in total. The Morgan fingerprint density at radius 2 is 1.91 bits per heavy atom. The summed E-state index contributed by atoms with van der Waals surface area (Å²) in [5.41, 5.74) is 6.13. The van der Waals surface area contributed by atoms with Gasteiger partial charge in [0, 0.05) is 17.9 Å². The number of rotatable bonds is 1. The molecular weight excluding hydrogens is 288 g/mol. The summed E-state index contributed by atoms with van der Waals surface area (Å²) in [6, 6.07) is 0.133. The van der Waals surface area contributed by atoms with Gasteiger partial charge in [0.05, 0.1) is 5.92 Å². The highest BCUT2D eigenvalue weighted by Crippen LogP contribution is 2.64. The number of piperidine rings is 1. The molecule has 4 nitrogen and oxygen atoms in total. The second-order valence-electron chi connectivity index (χ2n) is 9.18. The lowest BCUT2D eigenvalue weighted by Gasteiger charge is -2.61. The Bertz CT molecular complexity index is 547. The minimum absolute atomic E-state index is 0.0104. The van der Waals surface area contributed by atoms with Crippen molar-refractivity contribution in [2.45, 2.75) is 71.3 Å². The van der Waals surface area contributed by atoms with Crippen molar-refractivity contribution in [1.29, 1.82) is 0 Å². The van der Waals surface area contributed by atoms with Gasteiger partial charge < -0.3 is 11.1 Å². The van der Waals surface area contributed by atoms with Gasteiger partial charge in [0.15, 0.2) is 0 Å². The van der Waals surface area contributed by atoms with Crippen molar-refractivity contribution >= 4 is 11.8 Å². The van der Waals surface area contributed by atoms with Crippen molar-refractivity contribution < 1.29 is 9.59 Å². The highest BCUT2D eigenvalue weighted by atomic mass is 16.2. The van der Waals surface area contributed by atoms with Gasteiger partial charge in [-0.1, -0.05) is 20.3 Å². The van der Waals surface area contributed by atoms with Crippen LogP contribution in [0.2, 0.25) is 0 Å². The van der Waals surface area contributed by atoms with Crippen LogP contribution < -0.4 is 11.1 Å². The maximum atomic E-state index is 12.2. The van der Waals surface area contributed by atoms with E-state index in [1.54, 1.807) is 0 Å². The van der Waals surface area contributed by atoms with E-state index in [1.807, 2.05) is 0 Å². The first kappa shape index (κ1) is 15.5. The number of carbonyl (C=O) groups is 2. The fraction of sp³-hybridized carbons (Fsp3) is 0.895. The van der Waals surface area contributed by atoms with E-state index in [0.29, 0.717) is 17.3 Å². The highest BCUT2D eigenvalue weighted by Gasteiger charge is 2.61. The molecule has 7 atom stereocenters. The summed E-state index contributed by atoms with van der Waals surface area (Å²) in [4.78, 5) is 24.2. The first-order chi connectivity index (χ1) is 10.9. The largest absolute Gasteiger partial charge is 0.369 e. The number of amides is 2. The van der Waals surface area contributed by atoms with Gasteiger partial charge in [0.2, 0.25) is 11.8 Å². The van der Waals surface area contributed by atoms with Crippen molar-refractivity contribution in [3.8, 4) is 0 Å². The van der Waals surface area contributed by atoms with E-state index in [-0.39, 0.29) is 35.6 Å². The second kappa shape index (κ2) is 4.97. The van der Waals surface area contributed by atoms with Crippen LogP contribution in [-0.4, -0.2) is 17.9 Å². The van der Waals surface area contributed by atoms with E-state index in [9.17, 15) is 9.59 Å². The normalized spacial score (nSPS) is 52.1. The third-order valence-corrected chi connectivity index (χ3v) is 8.38. The average molecular weight is 318 g/mol. The van der Waals surface area contributed by atoms with Crippen molar-refractivity contribution in [1.82, 2.24) is 5.32 Å². The van der Waals surface area contributed by atoms with Gasteiger partial charge in [0.25, 0.3) is 0 Å². The standard InChI is InChI=1S/C19H30N2O2/c1-18-8-3-4-12(18)11-5-6-15-19(2,13(11)7-9-18)14(17(20)23)10-16(22)21-15/h11-15H,3-10H2,1-2H3,(H2,20,23)(H,21,22)/t11-,12-,13-,14?,15+,18-,19-/m0/s1. The van der Waals surface area contributed by atoms with Crippen LogP contribution in [-0.2, 0) is 9.59 Å². The predicted octanol–water partition coefficient (Wildman–Crippen LogP) is 2.61. The lowest BCUT2D eigenvalue weighted by Crippen LogP contribution is -2.66. The van der Waals surface area contributed by atoms with Gasteiger partial charge in [-0.25, -0.2) is 0 Å². The van der Waals surface area contributed by atoms with E-state index in [2.05, 4.69) is 19.2 Å². The Labute approximate surface area is 138 Å². The summed E-state index contributed by atoms with van der Waals surface area (Å²) in [6.45, 7) is 4.74. The number of nitrogens with two attached hydrogens (primary N) is 1. The topological polar surface area (TPSA) is 72.2 Å². The Hall–Kier alpha value is -1.06. The molecule has 1 saturated heterocycles. The molecule has 1 aliphatic heterocycles. The summed E-state index contributed by atoms with van der Waals surface area (Å²) in [6.07, 6.45) is 9.07. The van der Waals surface area contributed by atoms with Crippen molar-refractivity contribution in [2.24, 2.45) is 40.2 Å². The molecule has 0 aromatic heterocycles. The summed E-state index contributed by atoms with van der Waals surface area (Å²) in [5, 5.41) is 3.20. The third kappa shape index (κ3) is 2.02. The molecule has 2 amide bonds. The van der Waals surface area contributed by atoms with Crippen LogP contribution in [0.25, 0.3) is 0 Å². The maximum absolute atomic E-state index is 12.2. The molecule has 4 rings (SSSR count). The number of carbonyl (C=O) groups excluding carboxylic acids is 2. The summed E-state index contributed by atoms with van der Waals surface area (Å²) in [5.74, 6) is 1.51. The molecule has 1 unspecified atom stereocenters. The number of primary amides is 1. The molecule has 4 aliphatic rings. The summed E-state index contributed by atoms with van der Waals surface area (Å²) >= 11 is 0. The zero-order chi connectivity index (χ0) is 16.4. The smallest absolute Gasteiger partial charge is 0.221 e. The predicted molar refractivity (Wildman–Crippen MR) is 88.2 cm³/mol. The van der Waals surface area contributed by atoms with Gasteiger partial charge in [0.1, 0.15) is 0 Å². The minimum Gasteiger partial charge on any atom is -0.369 e. The number of nitrogens with one attached hydrogen (secondary N) is 1. The zero-order valence-electron chi connectivity index (χ0n) is 14.4. The van der Waals surface area contributed by atoms with Crippen LogP contribution in [0.3, 0.4) is 0 Å². The van der Waals surface area contributed by atoms with Crippen LogP contribution in [0.5, 0.6) is 0 Å². The molecule has 128 valence electrons. The number of fused-ring (bicyclic) bond motifs is 5.